The lowest BCUT2D eigenvalue weighted by Crippen LogP contribution is -2.29. The van der Waals surface area contributed by atoms with Gasteiger partial charge in [-0.25, -0.2) is 9.97 Å². The van der Waals surface area contributed by atoms with Crippen molar-refractivity contribution in [2.45, 2.75) is 32.2 Å². The second-order valence-corrected chi connectivity index (χ2v) is 5.88. The number of nitrogens with two attached hydrogens (primary N) is 1. The first kappa shape index (κ1) is 11.9. The third-order valence-electron chi connectivity index (χ3n) is 3.81. The van der Waals surface area contributed by atoms with Gasteiger partial charge in [0.2, 0.25) is 0 Å². The van der Waals surface area contributed by atoms with E-state index in [0.29, 0.717) is 12.0 Å². The van der Waals surface area contributed by atoms with Gasteiger partial charge in [0.05, 0.1) is 10.2 Å². The molecule has 2 unspecified atom stereocenters. The van der Waals surface area contributed by atoms with Gasteiger partial charge in [-0.05, 0) is 43.2 Å². The monoisotopic (exact) mass is 262 g/mol. The minimum absolute atomic E-state index is 0.468. The summed E-state index contributed by atoms with van der Waals surface area (Å²) < 4.78 is 1.16. The van der Waals surface area contributed by atoms with Crippen LogP contribution in [0.1, 0.15) is 24.8 Å². The number of aryl methyl sites for hydroxylation is 1. The van der Waals surface area contributed by atoms with Crippen LogP contribution in [0, 0.1) is 12.8 Å². The van der Waals surface area contributed by atoms with E-state index in [2.05, 4.69) is 27.6 Å². The minimum atomic E-state index is 0.468. The maximum atomic E-state index is 5.82. The van der Waals surface area contributed by atoms with Crippen molar-refractivity contribution < 1.29 is 0 Å². The zero-order valence-electron chi connectivity index (χ0n) is 10.5. The van der Waals surface area contributed by atoms with Crippen LogP contribution in [0.5, 0.6) is 0 Å². The highest BCUT2D eigenvalue weighted by Crippen LogP contribution is 2.32. The first-order chi connectivity index (χ1) is 8.79. The molecule has 0 aromatic carbocycles. The standard InChI is InChI=1S/C13H18N4S/c1-8-6-18-12-11(8)15-7-16-13(12)17-10-4-2-3-9(10)5-14/h6-7,9-10H,2-5,14H2,1H3,(H,15,16,17). The van der Waals surface area contributed by atoms with E-state index in [1.807, 2.05) is 0 Å². The van der Waals surface area contributed by atoms with Gasteiger partial charge >= 0.3 is 0 Å². The van der Waals surface area contributed by atoms with Crippen molar-refractivity contribution in [3.8, 4) is 0 Å². The normalized spacial score (nSPS) is 23.7. The van der Waals surface area contributed by atoms with Crippen LogP contribution in [-0.4, -0.2) is 22.6 Å². The van der Waals surface area contributed by atoms with Crippen LogP contribution in [-0.2, 0) is 0 Å². The summed E-state index contributed by atoms with van der Waals surface area (Å²) >= 11 is 1.71. The van der Waals surface area contributed by atoms with Gasteiger partial charge in [0, 0.05) is 6.04 Å². The van der Waals surface area contributed by atoms with Gasteiger partial charge in [0.1, 0.15) is 12.1 Å². The van der Waals surface area contributed by atoms with Crippen molar-refractivity contribution in [3.05, 3.63) is 17.3 Å². The van der Waals surface area contributed by atoms with Gasteiger partial charge in [-0.1, -0.05) is 6.42 Å². The highest BCUT2D eigenvalue weighted by atomic mass is 32.1. The number of fused-ring (bicyclic) bond motifs is 1. The number of anilines is 1. The summed E-state index contributed by atoms with van der Waals surface area (Å²) in [6, 6.07) is 0.468. The fourth-order valence-corrected chi connectivity index (χ4v) is 3.71. The smallest absolute Gasteiger partial charge is 0.147 e. The molecule has 3 rings (SSSR count). The molecule has 0 saturated heterocycles. The maximum Gasteiger partial charge on any atom is 0.147 e. The van der Waals surface area contributed by atoms with Crippen molar-refractivity contribution in [2.75, 3.05) is 11.9 Å². The van der Waals surface area contributed by atoms with Crippen LogP contribution in [0.3, 0.4) is 0 Å². The number of hydrogen-bond acceptors (Lipinski definition) is 5. The fourth-order valence-electron chi connectivity index (χ4n) is 2.76. The van der Waals surface area contributed by atoms with E-state index in [4.69, 9.17) is 5.73 Å². The summed E-state index contributed by atoms with van der Waals surface area (Å²) in [5, 5.41) is 5.72. The zero-order chi connectivity index (χ0) is 12.5. The Labute approximate surface area is 111 Å². The number of hydrogen-bond donors (Lipinski definition) is 2. The highest BCUT2D eigenvalue weighted by Gasteiger charge is 2.26. The number of nitrogens with zero attached hydrogens (tertiary/aromatic N) is 2. The van der Waals surface area contributed by atoms with Crippen LogP contribution < -0.4 is 11.1 Å². The van der Waals surface area contributed by atoms with Crippen molar-refractivity contribution in [1.82, 2.24) is 9.97 Å². The Morgan fingerprint density at radius 3 is 3.17 bits per heavy atom. The molecule has 0 radical (unpaired) electrons. The molecule has 2 aromatic rings. The second kappa shape index (κ2) is 4.82. The molecule has 2 heterocycles. The second-order valence-electron chi connectivity index (χ2n) is 5.00. The van der Waals surface area contributed by atoms with Crippen LogP contribution >= 0.6 is 11.3 Å². The van der Waals surface area contributed by atoms with E-state index in [1.165, 1.54) is 24.8 Å². The molecule has 1 fully saturated rings. The molecular weight excluding hydrogens is 244 g/mol. The van der Waals surface area contributed by atoms with Crippen molar-refractivity contribution >= 4 is 27.4 Å². The largest absolute Gasteiger partial charge is 0.366 e. The molecule has 18 heavy (non-hydrogen) atoms. The zero-order valence-corrected chi connectivity index (χ0v) is 11.3. The van der Waals surface area contributed by atoms with Crippen LogP contribution in [0.4, 0.5) is 5.82 Å². The summed E-state index contributed by atoms with van der Waals surface area (Å²) in [7, 11) is 0. The molecular formula is C13H18N4S. The predicted molar refractivity (Wildman–Crippen MR) is 76.0 cm³/mol. The van der Waals surface area contributed by atoms with E-state index in [1.54, 1.807) is 17.7 Å². The van der Waals surface area contributed by atoms with E-state index in [9.17, 15) is 0 Å². The minimum Gasteiger partial charge on any atom is -0.366 e. The molecule has 0 amide bonds. The van der Waals surface area contributed by atoms with Crippen molar-refractivity contribution in [2.24, 2.45) is 11.7 Å². The van der Waals surface area contributed by atoms with Gasteiger partial charge in [-0.2, -0.15) is 0 Å². The fraction of sp³-hybridized carbons (Fsp3) is 0.538. The topological polar surface area (TPSA) is 63.8 Å². The molecule has 3 N–H and O–H groups in total. The molecule has 2 atom stereocenters. The van der Waals surface area contributed by atoms with E-state index >= 15 is 0 Å². The number of rotatable bonds is 3. The van der Waals surface area contributed by atoms with Gasteiger partial charge in [-0.15, -0.1) is 11.3 Å². The maximum absolute atomic E-state index is 5.82. The van der Waals surface area contributed by atoms with Gasteiger partial charge in [0.25, 0.3) is 0 Å². The third kappa shape index (κ3) is 1.97. The number of nitrogens with one attached hydrogen (secondary N) is 1. The predicted octanol–water partition coefficient (Wildman–Crippen LogP) is 2.54. The number of thiophene rings is 1. The average Bonchev–Trinajstić information content (AvgIpc) is 2.98. The average molecular weight is 262 g/mol. The van der Waals surface area contributed by atoms with Crippen molar-refractivity contribution in [1.29, 1.82) is 0 Å². The molecule has 0 bridgehead atoms. The number of aromatic nitrogens is 2. The summed E-state index contributed by atoms with van der Waals surface area (Å²) in [4.78, 5) is 8.75. The Kier molecular flexibility index (Phi) is 3.18. The first-order valence-corrected chi connectivity index (χ1v) is 7.33. The Morgan fingerprint density at radius 1 is 1.44 bits per heavy atom. The lowest BCUT2D eigenvalue weighted by Gasteiger charge is -2.20. The SMILES string of the molecule is Cc1csc2c(NC3CCCC3CN)ncnc12. The third-order valence-corrected chi connectivity index (χ3v) is 4.91. The molecule has 0 aliphatic heterocycles. The lowest BCUT2D eigenvalue weighted by molar-refractivity contribution is 0.516. The van der Waals surface area contributed by atoms with Crippen LogP contribution in [0.15, 0.2) is 11.7 Å². The van der Waals surface area contributed by atoms with Gasteiger partial charge < -0.3 is 11.1 Å². The summed E-state index contributed by atoms with van der Waals surface area (Å²) in [5.74, 6) is 1.56. The first-order valence-electron chi connectivity index (χ1n) is 6.45. The molecule has 96 valence electrons. The molecule has 0 spiro atoms. The molecule has 5 heteroatoms. The van der Waals surface area contributed by atoms with E-state index in [-0.39, 0.29) is 0 Å². The molecule has 1 aliphatic carbocycles. The summed E-state index contributed by atoms with van der Waals surface area (Å²) in [6.07, 6.45) is 5.33. The summed E-state index contributed by atoms with van der Waals surface area (Å²) in [5.41, 5.74) is 8.12. The molecule has 1 saturated carbocycles. The van der Waals surface area contributed by atoms with Crippen molar-refractivity contribution in [3.63, 3.8) is 0 Å². The van der Waals surface area contributed by atoms with Crippen LogP contribution in [0.2, 0.25) is 0 Å². The Hall–Kier alpha value is -1.20. The quantitative estimate of drug-likeness (QED) is 0.892. The Bertz CT molecular complexity index is 551. The Balaban J connectivity index is 1.90. The molecule has 1 aliphatic rings. The summed E-state index contributed by atoms with van der Waals surface area (Å²) in [6.45, 7) is 2.85. The lowest BCUT2D eigenvalue weighted by atomic mass is 10.0. The van der Waals surface area contributed by atoms with Crippen LogP contribution in [0.25, 0.3) is 10.2 Å². The highest BCUT2D eigenvalue weighted by molar-refractivity contribution is 7.18. The van der Waals surface area contributed by atoms with Gasteiger partial charge in [0.15, 0.2) is 0 Å². The van der Waals surface area contributed by atoms with Gasteiger partial charge in [-0.3, -0.25) is 0 Å². The Morgan fingerprint density at radius 2 is 2.33 bits per heavy atom. The van der Waals surface area contributed by atoms with E-state index in [0.717, 1.165) is 22.6 Å². The molecule has 2 aromatic heterocycles. The van der Waals surface area contributed by atoms with E-state index < -0.39 is 0 Å². The molecule has 4 nitrogen and oxygen atoms in total.